The minimum absolute atomic E-state index is 0.0476. The number of aryl methyl sites for hydroxylation is 1. The molecule has 1 aromatic rings. The van der Waals surface area contributed by atoms with Gasteiger partial charge in [0.2, 0.25) is 0 Å². The lowest BCUT2D eigenvalue weighted by Gasteiger charge is -2.26. The molecule has 1 saturated carbocycles. The zero-order chi connectivity index (χ0) is 11.4. The summed E-state index contributed by atoms with van der Waals surface area (Å²) in [6, 6.07) is 0.354. The monoisotopic (exact) mass is 222 g/mol. The molecule has 0 aliphatic heterocycles. The van der Waals surface area contributed by atoms with E-state index in [4.69, 9.17) is 0 Å². The van der Waals surface area contributed by atoms with Gasteiger partial charge in [0.25, 0.3) is 0 Å². The average Bonchev–Trinajstić information content (AvgIpc) is 2.58. The number of aromatic nitrogens is 2. The molecule has 1 aliphatic carbocycles. The maximum absolute atomic E-state index is 11.4. The molecule has 1 fully saturated rings. The molecule has 88 valence electrons. The van der Waals surface area contributed by atoms with Crippen LogP contribution in [0.5, 0.6) is 0 Å². The number of amides is 2. The molecule has 2 amide bonds. The van der Waals surface area contributed by atoms with Crippen molar-refractivity contribution in [3.05, 3.63) is 18.0 Å². The molecule has 5 heteroatoms. The maximum atomic E-state index is 11.4. The van der Waals surface area contributed by atoms with Crippen LogP contribution in [-0.2, 0) is 13.5 Å². The van der Waals surface area contributed by atoms with Crippen LogP contribution in [0.1, 0.15) is 24.8 Å². The fourth-order valence-electron chi connectivity index (χ4n) is 1.71. The van der Waals surface area contributed by atoms with Gasteiger partial charge >= 0.3 is 6.03 Å². The number of carbonyl (C=O) groups is 1. The molecule has 0 saturated heterocycles. The van der Waals surface area contributed by atoms with Crippen LogP contribution in [0.3, 0.4) is 0 Å². The van der Waals surface area contributed by atoms with Gasteiger partial charge in [0.15, 0.2) is 0 Å². The van der Waals surface area contributed by atoms with Crippen LogP contribution < -0.4 is 10.6 Å². The third-order valence-corrected chi connectivity index (χ3v) is 2.90. The number of urea groups is 1. The van der Waals surface area contributed by atoms with Crippen molar-refractivity contribution in [2.45, 2.75) is 31.7 Å². The first-order valence-corrected chi connectivity index (χ1v) is 5.76. The summed E-state index contributed by atoms with van der Waals surface area (Å²) in [5.41, 5.74) is 1.14. The van der Waals surface area contributed by atoms with E-state index < -0.39 is 0 Å². The van der Waals surface area contributed by atoms with Gasteiger partial charge in [-0.2, -0.15) is 5.10 Å². The van der Waals surface area contributed by atoms with Crippen molar-refractivity contribution in [2.24, 2.45) is 7.05 Å². The summed E-state index contributed by atoms with van der Waals surface area (Å²) in [5, 5.41) is 9.86. The van der Waals surface area contributed by atoms with Crippen LogP contribution in [0.2, 0.25) is 0 Å². The fourth-order valence-corrected chi connectivity index (χ4v) is 1.71. The van der Waals surface area contributed by atoms with Gasteiger partial charge in [-0.25, -0.2) is 4.79 Å². The summed E-state index contributed by atoms with van der Waals surface area (Å²) in [5.74, 6) is 0. The highest BCUT2D eigenvalue weighted by Crippen LogP contribution is 2.17. The Morgan fingerprint density at radius 2 is 2.44 bits per heavy atom. The Bertz CT molecular complexity index is 357. The van der Waals surface area contributed by atoms with Crippen LogP contribution in [0, 0.1) is 0 Å². The first kappa shape index (κ1) is 11.0. The molecule has 0 bridgehead atoms. The number of hydrogen-bond acceptors (Lipinski definition) is 2. The number of hydrogen-bond donors (Lipinski definition) is 2. The van der Waals surface area contributed by atoms with Crippen molar-refractivity contribution in [1.29, 1.82) is 0 Å². The van der Waals surface area contributed by atoms with E-state index in [9.17, 15) is 4.79 Å². The van der Waals surface area contributed by atoms with Gasteiger partial charge in [0.05, 0.1) is 6.20 Å². The second-order valence-corrected chi connectivity index (χ2v) is 4.30. The first-order valence-electron chi connectivity index (χ1n) is 5.76. The van der Waals surface area contributed by atoms with Gasteiger partial charge in [-0.3, -0.25) is 4.68 Å². The summed E-state index contributed by atoms with van der Waals surface area (Å²) in [6.07, 6.45) is 8.09. The van der Waals surface area contributed by atoms with Crippen LogP contribution in [0.4, 0.5) is 4.79 Å². The highest BCUT2D eigenvalue weighted by molar-refractivity contribution is 5.74. The first-order chi connectivity index (χ1) is 7.74. The number of carbonyl (C=O) groups excluding carboxylic acids is 1. The Balaban J connectivity index is 1.61. The van der Waals surface area contributed by atoms with E-state index >= 15 is 0 Å². The summed E-state index contributed by atoms with van der Waals surface area (Å²) in [6.45, 7) is 0.657. The minimum Gasteiger partial charge on any atom is -0.338 e. The van der Waals surface area contributed by atoms with Gasteiger partial charge in [-0.1, -0.05) is 0 Å². The Morgan fingerprint density at radius 3 is 3.00 bits per heavy atom. The molecular formula is C11H18N4O. The zero-order valence-corrected chi connectivity index (χ0v) is 9.57. The minimum atomic E-state index is -0.0476. The van der Waals surface area contributed by atoms with Gasteiger partial charge in [0, 0.05) is 25.8 Å². The smallest absolute Gasteiger partial charge is 0.315 e. The SMILES string of the molecule is Cn1cc(CCNC(=O)NC2CCC2)cn1. The molecule has 5 nitrogen and oxygen atoms in total. The fraction of sp³-hybridized carbons (Fsp3) is 0.636. The summed E-state index contributed by atoms with van der Waals surface area (Å²) < 4.78 is 1.77. The van der Waals surface area contributed by atoms with Gasteiger partial charge < -0.3 is 10.6 Å². The maximum Gasteiger partial charge on any atom is 0.315 e. The molecule has 0 radical (unpaired) electrons. The predicted octanol–water partition coefficient (Wildman–Crippen LogP) is 0.814. The molecule has 1 heterocycles. The van der Waals surface area contributed by atoms with Crippen LogP contribution in [-0.4, -0.2) is 28.4 Å². The Labute approximate surface area is 95.2 Å². The van der Waals surface area contributed by atoms with Crippen molar-refractivity contribution in [3.63, 3.8) is 0 Å². The molecule has 1 aromatic heterocycles. The van der Waals surface area contributed by atoms with Crippen LogP contribution >= 0.6 is 0 Å². The van der Waals surface area contributed by atoms with E-state index in [1.807, 2.05) is 19.4 Å². The second-order valence-electron chi connectivity index (χ2n) is 4.30. The van der Waals surface area contributed by atoms with Crippen LogP contribution in [0.15, 0.2) is 12.4 Å². The van der Waals surface area contributed by atoms with E-state index in [-0.39, 0.29) is 6.03 Å². The third kappa shape index (κ3) is 2.98. The number of rotatable bonds is 4. The predicted molar refractivity (Wildman–Crippen MR) is 61.1 cm³/mol. The molecule has 2 N–H and O–H groups in total. The van der Waals surface area contributed by atoms with Crippen molar-refractivity contribution >= 4 is 6.03 Å². The second kappa shape index (κ2) is 5.01. The van der Waals surface area contributed by atoms with E-state index in [0.29, 0.717) is 12.6 Å². The third-order valence-electron chi connectivity index (χ3n) is 2.90. The standard InChI is InChI=1S/C11H18N4O/c1-15-8-9(7-13-15)5-6-12-11(16)14-10-3-2-4-10/h7-8,10H,2-6H2,1H3,(H2,12,14,16). The molecule has 1 aliphatic rings. The van der Waals surface area contributed by atoms with Gasteiger partial charge in [0.1, 0.15) is 0 Å². The van der Waals surface area contributed by atoms with E-state index in [1.165, 1.54) is 6.42 Å². The van der Waals surface area contributed by atoms with Gasteiger partial charge in [-0.05, 0) is 31.2 Å². The lowest BCUT2D eigenvalue weighted by molar-refractivity contribution is 0.228. The Morgan fingerprint density at radius 1 is 1.62 bits per heavy atom. The lowest BCUT2D eigenvalue weighted by atomic mass is 9.93. The summed E-state index contributed by atoms with van der Waals surface area (Å²) in [4.78, 5) is 11.4. The zero-order valence-electron chi connectivity index (χ0n) is 9.57. The molecule has 0 atom stereocenters. The van der Waals surface area contributed by atoms with Crippen molar-refractivity contribution in [3.8, 4) is 0 Å². The molecule has 0 spiro atoms. The van der Waals surface area contributed by atoms with E-state index in [2.05, 4.69) is 15.7 Å². The number of nitrogens with one attached hydrogen (secondary N) is 2. The number of nitrogens with zero attached hydrogens (tertiary/aromatic N) is 2. The van der Waals surface area contributed by atoms with E-state index in [1.54, 1.807) is 4.68 Å². The van der Waals surface area contributed by atoms with Gasteiger partial charge in [-0.15, -0.1) is 0 Å². The lowest BCUT2D eigenvalue weighted by Crippen LogP contribution is -2.45. The Kier molecular flexibility index (Phi) is 3.44. The highest BCUT2D eigenvalue weighted by Gasteiger charge is 2.18. The quantitative estimate of drug-likeness (QED) is 0.792. The molecule has 0 unspecified atom stereocenters. The molecular weight excluding hydrogens is 204 g/mol. The highest BCUT2D eigenvalue weighted by atomic mass is 16.2. The molecule has 0 aromatic carbocycles. The largest absolute Gasteiger partial charge is 0.338 e. The van der Waals surface area contributed by atoms with Crippen LogP contribution in [0.25, 0.3) is 0 Å². The van der Waals surface area contributed by atoms with E-state index in [0.717, 1.165) is 24.8 Å². The average molecular weight is 222 g/mol. The van der Waals surface area contributed by atoms with Crippen molar-refractivity contribution in [1.82, 2.24) is 20.4 Å². The van der Waals surface area contributed by atoms with Crippen molar-refractivity contribution < 1.29 is 4.79 Å². The topological polar surface area (TPSA) is 59.0 Å². The summed E-state index contributed by atoms with van der Waals surface area (Å²) in [7, 11) is 1.89. The normalized spacial score (nSPS) is 15.6. The molecule has 16 heavy (non-hydrogen) atoms. The summed E-state index contributed by atoms with van der Waals surface area (Å²) >= 11 is 0. The molecule has 2 rings (SSSR count). The Hall–Kier alpha value is -1.52. The van der Waals surface area contributed by atoms with Crippen molar-refractivity contribution in [2.75, 3.05) is 6.54 Å².